The predicted molar refractivity (Wildman–Crippen MR) is 132 cm³/mol. The van der Waals surface area contributed by atoms with Gasteiger partial charge in [0.25, 0.3) is 0 Å². The molecular weight excluding hydrogens is 458 g/mol. The van der Waals surface area contributed by atoms with Gasteiger partial charge in [0, 0.05) is 63.1 Å². The number of morpholine rings is 1. The molecule has 11 heteroatoms. The highest BCUT2D eigenvalue weighted by Crippen LogP contribution is 2.34. The van der Waals surface area contributed by atoms with Crippen molar-refractivity contribution in [2.24, 2.45) is 13.0 Å². The number of anilines is 1. The first-order valence-electron chi connectivity index (χ1n) is 12.5. The van der Waals surface area contributed by atoms with Crippen LogP contribution < -0.4 is 9.64 Å². The van der Waals surface area contributed by atoms with Crippen LogP contribution in [0, 0.1) is 5.92 Å². The summed E-state index contributed by atoms with van der Waals surface area (Å²) >= 11 is 0. The lowest BCUT2D eigenvalue weighted by Crippen LogP contribution is -2.36. The maximum absolute atomic E-state index is 6.55. The van der Waals surface area contributed by atoms with Crippen LogP contribution in [-0.4, -0.2) is 72.6 Å². The number of ether oxygens (including phenoxy) is 2. The Bertz CT molecular complexity index is 1310. The molecule has 0 bridgehead atoms. The largest absolute Gasteiger partial charge is 0.488 e. The van der Waals surface area contributed by atoms with Gasteiger partial charge in [0.2, 0.25) is 0 Å². The molecule has 2 aliphatic rings. The maximum atomic E-state index is 6.55. The summed E-state index contributed by atoms with van der Waals surface area (Å²) in [5.41, 5.74) is 3.62. The van der Waals surface area contributed by atoms with Gasteiger partial charge in [-0.2, -0.15) is 0 Å². The molecule has 1 aliphatic heterocycles. The molecule has 0 radical (unpaired) electrons. The van der Waals surface area contributed by atoms with Gasteiger partial charge in [0.15, 0.2) is 5.82 Å². The zero-order valence-electron chi connectivity index (χ0n) is 20.3. The first kappa shape index (κ1) is 22.7. The van der Waals surface area contributed by atoms with Gasteiger partial charge in [0.05, 0.1) is 30.4 Å². The van der Waals surface area contributed by atoms with Crippen LogP contribution in [0.1, 0.15) is 31.5 Å². The van der Waals surface area contributed by atoms with Gasteiger partial charge in [-0.1, -0.05) is 0 Å². The SMILES string of the molecule is Cn1nnnc1-c1cnc(CC2CCC(Oc3cc(N4CCOCC4)cc4nccnc34)CC2)nc1. The van der Waals surface area contributed by atoms with E-state index in [1.807, 2.05) is 0 Å². The molecule has 0 spiro atoms. The summed E-state index contributed by atoms with van der Waals surface area (Å²) in [5, 5.41) is 11.6. The van der Waals surface area contributed by atoms with Crippen LogP contribution in [0.2, 0.25) is 0 Å². The van der Waals surface area contributed by atoms with E-state index in [0.717, 1.165) is 92.3 Å². The molecule has 1 saturated heterocycles. The van der Waals surface area contributed by atoms with Crippen LogP contribution >= 0.6 is 0 Å². The molecule has 186 valence electrons. The Labute approximate surface area is 208 Å². The van der Waals surface area contributed by atoms with Gasteiger partial charge in [-0.15, -0.1) is 5.10 Å². The summed E-state index contributed by atoms with van der Waals surface area (Å²) in [6.07, 6.45) is 12.3. The number of aryl methyl sites for hydroxylation is 1. The van der Waals surface area contributed by atoms with Crippen molar-refractivity contribution in [1.29, 1.82) is 0 Å². The molecule has 6 rings (SSSR count). The fourth-order valence-electron chi connectivity index (χ4n) is 5.06. The monoisotopic (exact) mass is 487 g/mol. The number of tetrazole rings is 1. The highest BCUT2D eigenvalue weighted by atomic mass is 16.5. The summed E-state index contributed by atoms with van der Waals surface area (Å²) in [4.78, 5) is 20.6. The molecule has 4 aromatic rings. The average Bonchev–Trinajstić information content (AvgIpc) is 3.36. The summed E-state index contributed by atoms with van der Waals surface area (Å²) in [7, 11) is 1.80. The summed E-state index contributed by atoms with van der Waals surface area (Å²) < 4.78 is 13.7. The Morgan fingerprint density at radius 1 is 0.972 bits per heavy atom. The third-order valence-corrected chi connectivity index (χ3v) is 7.04. The zero-order valence-corrected chi connectivity index (χ0v) is 20.3. The van der Waals surface area contributed by atoms with Crippen molar-refractivity contribution in [1.82, 2.24) is 40.1 Å². The smallest absolute Gasteiger partial charge is 0.184 e. The fraction of sp³-hybridized carbons (Fsp3) is 0.480. The minimum absolute atomic E-state index is 0.165. The second-order valence-corrected chi connectivity index (χ2v) is 9.45. The molecule has 2 fully saturated rings. The van der Waals surface area contributed by atoms with Crippen molar-refractivity contribution in [2.45, 2.75) is 38.2 Å². The molecular formula is C25H29N9O2. The summed E-state index contributed by atoms with van der Waals surface area (Å²) in [5.74, 6) is 2.89. The molecule has 0 unspecified atom stereocenters. The highest BCUT2D eigenvalue weighted by Gasteiger charge is 2.25. The van der Waals surface area contributed by atoms with E-state index < -0.39 is 0 Å². The number of nitrogens with zero attached hydrogens (tertiary/aromatic N) is 9. The molecule has 36 heavy (non-hydrogen) atoms. The normalized spacial score (nSPS) is 20.5. The fourth-order valence-corrected chi connectivity index (χ4v) is 5.06. The van der Waals surface area contributed by atoms with E-state index in [1.54, 1.807) is 36.5 Å². The van der Waals surface area contributed by atoms with Crippen molar-refractivity contribution >= 4 is 16.7 Å². The molecule has 1 saturated carbocycles. The number of fused-ring (bicyclic) bond motifs is 1. The summed E-state index contributed by atoms with van der Waals surface area (Å²) in [6, 6.07) is 4.22. The number of rotatable bonds is 6. The van der Waals surface area contributed by atoms with Gasteiger partial charge in [-0.3, -0.25) is 4.98 Å². The minimum atomic E-state index is 0.165. The lowest BCUT2D eigenvalue weighted by Gasteiger charge is -2.31. The molecule has 0 amide bonds. The van der Waals surface area contributed by atoms with E-state index in [4.69, 9.17) is 9.47 Å². The third kappa shape index (κ3) is 4.83. The van der Waals surface area contributed by atoms with Crippen LogP contribution in [0.15, 0.2) is 36.9 Å². The van der Waals surface area contributed by atoms with Crippen molar-refractivity contribution in [3.05, 3.63) is 42.7 Å². The Hall–Kier alpha value is -3.73. The van der Waals surface area contributed by atoms with Gasteiger partial charge >= 0.3 is 0 Å². The minimum Gasteiger partial charge on any atom is -0.488 e. The van der Waals surface area contributed by atoms with Crippen LogP contribution in [0.5, 0.6) is 5.75 Å². The van der Waals surface area contributed by atoms with Crippen LogP contribution in [0.4, 0.5) is 5.69 Å². The molecule has 0 atom stereocenters. The van der Waals surface area contributed by atoms with Gasteiger partial charge in [-0.05, 0) is 48.1 Å². The Morgan fingerprint density at radius 2 is 1.75 bits per heavy atom. The van der Waals surface area contributed by atoms with E-state index in [-0.39, 0.29) is 6.10 Å². The number of aromatic nitrogens is 8. The van der Waals surface area contributed by atoms with Gasteiger partial charge in [-0.25, -0.2) is 19.6 Å². The van der Waals surface area contributed by atoms with Crippen LogP contribution in [0.3, 0.4) is 0 Å². The van der Waals surface area contributed by atoms with E-state index >= 15 is 0 Å². The van der Waals surface area contributed by atoms with Crippen LogP contribution in [0.25, 0.3) is 22.4 Å². The highest BCUT2D eigenvalue weighted by molar-refractivity contribution is 5.85. The molecule has 1 aromatic carbocycles. The molecule has 3 aromatic heterocycles. The molecule has 1 aliphatic carbocycles. The second kappa shape index (κ2) is 10.1. The van der Waals surface area contributed by atoms with Crippen molar-refractivity contribution in [3.63, 3.8) is 0 Å². The lowest BCUT2D eigenvalue weighted by atomic mass is 9.85. The van der Waals surface area contributed by atoms with Crippen molar-refractivity contribution in [3.8, 4) is 17.1 Å². The van der Waals surface area contributed by atoms with Gasteiger partial charge in [0.1, 0.15) is 17.1 Å². The molecule has 4 heterocycles. The topological polar surface area (TPSA) is 117 Å². The number of benzene rings is 1. The first-order chi connectivity index (χ1) is 17.7. The van der Waals surface area contributed by atoms with Crippen molar-refractivity contribution < 1.29 is 9.47 Å². The Balaban J connectivity index is 1.10. The lowest BCUT2D eigenvalue weighted by molar-refractivity contribution is 0.122. The first-order valence-corrected chi connectivity index (χ1v) is 12.5. The second-order valence-electron chi connectivity index (χ2n) is 9.45. The Morgan fingerprint density at radius 3 is 2.50 bits per heavy atom. The number of hydrogen-bond acceptors (Lipinski definition) is 10. The summed E-state index contributed by atoms with van der Waals surface area (Å²) in [6.45, 7) is 3.22. The average molecular weight is 488 g/mol. The van der Waals surface area contributed by atoms with Gasteiger partial charge < -0.3 is 14.4 Å². The van der Waals surface area contributed by atoms with E-state index in [9.17, 15) is 0 Å². The van der Waals surface area contributed by atoms with E-state index in [0.29, 0.717) is 11.7 Å². The standard InChI is InChI=1S/C25H29N9O2/c1-33-25(30-31-32-33)18-15-28-23(29-16-18)12-17-2-4-20(5-3-17)36-22-14-19(34-8-10-35-11-9-34)13-21-24(22)27-7-6-26-21/h6-7,13-17,20H,2-5,8-12H2,1H3. The zero-order chi connectivity index (χ0) is 24.3. The van der Waals surface area contributed by atoms with E-state index in [1.165, 1.54) is 0 Å². The third-order valence-electron chi connectivity index (χ3n) is 7.04. The van der Waals surface area contributed by atoms with Crippen LogP contribution in [-0.2, 0) is 18.2 Å². The number of hydrogen-bond donors (Lipinski definition) is 0. The maximum Gasteiger partial charge on any atom is 0.184 e. The Kier molecular flexibility index (Phi) is 6.37. The van der Waals surface area contributed by atoms with Crippen molar-refractivity contribution in [2.75, 3.05) is 31.2 Å². The molecule has 0 N–H and O–H groups in total. The molecule has 11 nitrogen and oxygen atoms in total. The predicted octanol–water partition coefficient (Wildman–Crippen LogP) is 2.63. The van der Waals surface area contributed by atoms with E-state index in [2.05, 4.69) is 52.5 Å². The quantitative estimate of drug-likeness (QED) is 0.402.